The number of nitrogens with zero attached hydrogens (tertiary/aromatic N) is 2. The van der Waals surface area contributed by atoms with E-state index in [0.29, 0.717) is 6.61 Å². The van der Waals surface area contributed by atoms with Gasteiger partial charge >= 0.3 is 0 Å². The van der Waals surface area contributed by atoms with Crippen molar-refractivity contribution in [3.8, 4) is 0 Å². The number of carbonyl (C=O) groups excluding carboxylic acids is 1. The van der Waals surface area contributed by atoms with E-state index in [1.54, 1.807) is 0 Å². The van der Waals surface area contributed by atoms with Crippen LogP contribution in [0.3, 0.4) is 0 Å². The van der Waals surface area contributed by atoms with E-state index in [1.165, 1.54) is 0 Å². The Hall–Kier alpha value is -2.55. The van der Waals surface area contributed by atoms with Gasteiger partial charge in [-0.15, -0.1) is 0 Å². The Balaban J connectivity index is 2.14. The number of rotatable bonds is 8. The fourth-order valence-electron chi connectivity index (χ4n) is 3.03. The highest BCUT2D eigenvalue weighted by Crippen LogP contribution is 2.25. The first-order chi connectivity index (χ1) is 12.4. The van der Waals surface area contributed by atoms with E-state index in [4.69, 9.17) is 4.74 Å². The number of ether oxygens (including phenoxy) is 1. The molecule has 0 saturated heterocycles. The molecule has 9 nitrogen and oxygen atoms in total. The van der Waals surface area contributed by atoms with Gasteiger partial charge in [0, 0.05) is 18.7 Å². The summed E-state index contributed by atoms with van der Waals surface area (Å²) >= 11 is 0. The van der Waals surface area contributed by atoms with E-state index in [-0.39, 0.29) is 17.7 Å². The van der Waals surface area contributed by atoms with Gasteiger partial charge in [-0.25, -0.2) is 0 Å². The van der Waals surface area contributed by atoms with Crippen molar-refractivity contribution in [2.45, 2.75) is 57.6 Å². The van der Waals surface area contributed by atoms with Gasteiger partial charge < -0.3 is 10.1 Å². The van der Waals surface area contributed by atoms with Gasteiger partial charge in [0.1, 0.15) is 0 Å². The predicted molar refractivity (Wildman–Crippen MR) is 94.1 cm³/mol. The second kappa shape index (κ2) is 9.23. The van der Waals surface area contributed by atoms with Crippen molar-refractivity contribution in [2.75, 3.05) is 6.61 Å². The van der Waals surface area contributed by atoms with Gasteiger partial charge in [-0.1, -0.05) is 26.2 Å². The lowest BCUT2D eigenvalue weighted by Crippen LogP contribution is -2.46. The summed E-state index contributed by atoms with van der Waals surface area (Å²) in [4.78, 5) is 33.0. The molecular formula is C17H23N3O6. The Morgan fingerprint density at radius 3 is 2.35 bits per heavy atom. The number of non-ortho nitro benzene ring substituents is 2. The number of amides is 1. The van der Waals surface area contributed by atoms with Crippen molar-refractivity contribution in [1.29, 1.82) is 0 Å². The fraction of sp³-hybridized carbons (Fsp3) is 0.588. The maximum absolute atomic E-state index is 12.5. The number of hydrogen-bond donors (Lipinski definition) is 1. The van der Waals surface area contributed by atoms with E-state index in [2.05, 4.69) is 12.2 Å². The lowest BCUT2D eigenvalue weighted by atomic mass is 9.92. The molecule has 0 radical (unpaired) electrons. The molecule has 0 aliphatic heterocycles. The fourth-order valence-corrected chi connectivity index (χ4v) is 3.03. The molecule has 2 atom stereocenters. The number of unbranched alkanes of at least 4 members (excludes halogenated alkanes) is 1. The minimum atomic E-state index is -0.749. The molecule has 1 N–H and O–H groups in total. The van der Waals surface area contributed by atoms with Crippen LogP contribution in [0.15, 0.2) is 18.2 Å². The highest BCUT2D eigenvalue weighted by molar-refractivity contribution is 5.95. The summed E-state index contributed by atoms with van der Waals surface area (Å²) in [7, 11) is 0. The second-order valence-corrected chi connectivity index (χ2v) is 6.38. The predicted octanol–water partition coefficient (Wildman–Crippen LogP) is 3.36. The third kappa shape index (κ3) is 5.22. The molecule has 0 spiro atoms. The summed E-state index contributed by atoms with van der Waals surface area (Å²) in [5, 5.41) is 24.8. The van der Waals surface area contributed by atoms with E-state index in [1.807, 2.05) is 0 Å². The minimum Gasteiger partial charge on any atom is -0.376 e. The van der Waals surface area contributed by atoms with Crippen LogP contribution in [0.1, 0.15) is 55.8 Å². The molecule has 1 aromatic carbocycles. The first-order valence-electron chi connectivity index (χ1n) is 8.78. The van der Waals surface area contributed by atoms with Gasteiger partial charge in [0.2, 0.25) is 0 Å². The third-order valence-electron chi connectivity index (χ3n) is 4.44. The van der Waals surface area contributed by atoms with Crippen molar-refractivity contribution in [2.24, 2.45) is 0 Å². The number of nitro benzene ring substituents is 2. The summed E-state index contributed by atoms with van der Waals surface area (Å²) in [5.41, 5.74) is -1.06. The molecule has 9 heteroatoms. The zero-order valence-corrected chi connectivity index (χ0v) is 14.7. The molecule has 2 rings (SSSR count). The van der Waals surface area contributed by atoms with Crippen molar-refractivity contribution in [1.82, 2.24) is 5.32 Å². The van der Waals surface area contributed by atoms with Crippen LogP contribution < -0.4 is 5.32 Å². The SMILES string of the molecule is CCCCO[C@H]1CCCC[C@@H]1NC(=O)c1cc([N+](=O)[O-])cc([N+](=O)[O-])c1. The maximum atomic E-state index is 12.5. The first-order valence-corrected chi connectivity index (χ1v) is 8.78. The van der Waals surface area contributed by atoms with Crippen LogP contribution in [0.2, 0.25) is 0 Å². The number of hydrogen-bond acceptors (Lipinski definition) is 6. The topological polar surface area (TPSA) is 125 Å². The molecule has 1 aliphatic rings. The zero-order valence-electron chi connectivity index (χ0n) is 14.7. The minimum absolute atomic E-state index is 0.0937. The number of benzene rings is 1. The van der Waals surface area contributed by atoms with Crippen molar-refractivity contribution in [3.63, 3.8) is 0 Å². The van der Waals surface area contributed by atoms with Crippen LogP contribution in [0.5, 0.6) is 0 Å². The first kappa shape index (κ1) is 19.8. The van der Waals surface area contributed by atoms with E-state index in [9.17, 15) is 25.0 Å². The summed E-state index contributed by atoms with van der Waals surface area (Å²) in [6, 6.07) is 2.75. The molecule has 0 bridgehead atoms. The quantitative estimate of drug-likeness (QED) is 0.428. The maximum Gasteiger partial charge on any atom is 0.277 e. The van der Waals surface area contributed by atoms with Crippen LogP contribution >= 0.6 is 0 Å². The molecule has 142 valence electrons. The van der Waals surface area contributed by atoms with E-state index in [0.717, 1.165) is 56.7 Å². The molecule has 26 heavy (non-hydrogen) atoms. The van der Waals surface area contributed by atoms with Crippen molar-refractivity contribution >= 4 is 17.3 Å². The number of nitro groups is 2. The van der Waals surface area contributed by atoms with E-state index < -0.39 is 27.1 Å². The lowest BCUT2D eigenvalue weighted by Gasteiger charge is -2.32. The van der Waals surface area contributed by atoms with Crippen LogP contribution in [0.4, 0.5) is 11.4 Å². The van der Waals surface area contributed by atoms with Crippen LogP contribution in [0.25, 0.3) is 0 Å². The molecule has 1 fully saturated rings. The summed E-state index contributed by atoms with van der Waals surface area (Å²) < 4.78 is 5.87. The largest absolute Gasteiger partial charge is 0.376 e. The number of nitrogens with one attached hydrogen (secondary N) is 1. The molecule has 0 aromatic heterocycles. The van der Waals surface area contributed by atoms with Gasteiger partial charge in [0.05, 0.1) is 33.6 Å². The van der Waals surface area contributed by atoms with Crippen LogP contribution in [-0.2, 0) is 4.74 Å². The summed E-state index contributed by atoms with van der Waals surface area (Å²) in [6.45, 7) is 2.69. The van der Waals surface area contributed by atoms with Crippen molar-refractivity contribution < 1.29 is 19.4 Å². The molecular weight excluding hydrogens is 342 g/mol. The average Bonchev–Trinajstić information content (AvgIpc) is 2.62. The standard InChI is InChI=1S/C17H23N3O6/c1-2-3-8-26-16-7-5-4-6-15(16)18-17(21)12-9-13(19(22)23)11-14(10-12)20(24)25/h9-11,15-16H,2-8H2,1H3,(H,18,21)/t15-,16-/m0/s1. The Morgan fingerprint density at radius 2 is 1.77 bits per heavy atom. The second-order valence-electron chi connectivity index (χ2n) is 6.38. The van der Waals surface area contributed by atoms with Gasteiger partial charge in [-0.3, -0.25) is 25.0 Å². The Morgan fingerprint density at radius 1 is 1.15 bits per heavy atom. The summed E-state index contributed by atoms with van der Waals surface area (Å²) in [5.74, 6) is -0.562. The Kier molecular flexibility index (Phi) is 7.02. The van der Waals surface area contributed by atoms with Gasteiger partial charge in [0.15, 0.2) is 0 Å². The molecule has 1 aromatic rings. The molecule has 1 aliphatic carbocycles. The van der Waals surface area contributed by atoms with Crippen LogP contribution in [0, 0.1) is 20.2 Å². The average molecular weight is 365 g/mol. The molecule has 0 heterocycles. The monoisotopic (exact) mass is 365 g/mol. The lowest BCUT2D eigenvalue weighted by molar-refractivity contribution is -0.394. The molecule has 0 unspecified atom stereocenters. The highest BCUT2D eigenvalue weighted by atomic mass is 16.6. The van der Waals surface area contributed by atoms with Gasteiger partial charge in [-0.05, 0) is 19.3 Å². The number of carbonyl (C=O) groups is 1. The van der Waals surface area contributed by atoms with Gasteiger partial charge in [0.25, 0.3) is 17.3 Å². The molecule has 1 saturated carbocycles. The van der Waals surface area contributed by atoms with Crippen molar-refractivity contribution in [3.05, 3.63) is 44.0 Å². The highest BCUT2D eigenvalue weighted by Gasteiger charge is 2.28. The molecule has 1 amide bonds. The summed E-state index contributed by atoms with van der Waals surface area (Å²) in [6.07, 6.45) is 5.41. The van der Waals surface area contributed by atoms with Crippen LogP contribution in [-0.4, -0.2) is 34.5 Å². The van der Waals surface area contributed by atoms with Gasteiger partial charge in [-0.2, -0.15) is 0 Å². The Labute approximate surface area is 151 Å². The smallest absolute Gasteiger partial charge is 0.277 e. The van der Waals surface area contributed by atoms with E-state index >= 15 is 0 Å². The third-order valence-corrected chi connectivity index (χ3v) is 4.44. The Bertz CT molecular complexity index is 646. The normalized spacial score (nSPS) is 19.7. The zero-order chi connectivity index (χ0) is 19.1.